The van der Waals surface area contributed by atoms with Crippen molar-refractivity contribution in [3.05, 3.63) is 145 Å². The van der Waals surface area contributed by atoms with Crippen LogP contribution in [-0.2, 0) is 6.42 Å². The molecule has 0 aliphatic rings. The Bertz CT molecular complexity index is 1510. The number of unbranched alkanes of at least 4 members (excludes halogenated alkanes) is 4. The minimum Gasteiger partial charge on any atom is -0.478 e. The maximum absolute atomic E-state index is 5.45. The van der Waals surface area contributed by atoms with Gasteiger partial charge in [-0.1, -0.05) is 51.7 Å². The van der Waals surface area contributed by atoms with Crippen molar-refractivity contribution in [2.24, 2.45) is 0 Å². The van der Waals surface area contributed by atoms with Crippen LogP contribution in [0.1, 0.15) is 112 Å². The van der Waals surface area contributed by atoms with Gasteiger partial charge >= 0.3 is 0 Å². The number of rotatable bonds is 9. The zero-order chi connectivity index (χ0) is 39.4. The number of furan rings is 2. The number of nitrogens with zero attached hydrogens (tertiary/aromatic N) is 2. The number of aromatic nitrogens is 2. The Morgan fingerprint density at radius 3 is 1.51 bits per heavy atom. The van der Waals surface area contributed by atoms with Gasteiger partial charge in [0.2, 0.25) is 5.88 Å². The van der Waals surface area contributed by atoms with Gasteiger partial charge in [0, 0.05) is 38.8 Å². The fraction of sp³-hybridized carbons (Fsp3) is 0.435. The summed E-state index contributed by atoms with van der Waals surface area (Å²) in [7, 11) is 0. The Morgan fingerprint density at radius 2 is 1.17 bits per heavy atom. The average Bonchev–Trinajstić information content (AvgIpc) is 3.92. The van der Waals surface area contributed by atoms with E-state index in [9.17, 15) is 0 Å². The molecule has 0 aliphatic heterocycles. The first-order valence-corrected chi connectivity index (χ1v) is 20.6. The minimum absolute atomic E-state index is 0.738. The number of thiophene rings is 2. The van der Waals surface area contributed by atoms with E-state index in [0.717, 1.165) is 42.6 Å². The van der Waals surface area contributed by atoms with E-state index in [1.54, 1.807) is 17.6 Å². The molecule has 7 heteroatoms. The van der Waals surface area contributed by atoms with E-state index in [-0.39, 0.29) is 0 Å². The molecule has 0 fully saturated rings. The van der Waals surface area contributed by atoms with Gasteiger partial charge in [0.1, 0.15) is 17.3 Å². The molecule has 0 saturated heterocycles. The van der Waals surface area contributed by atoms with Gasteiger partial charge in [-0.2, -0.15) is 0 Å². The van der Waals surface area contributed by atoms with Crippen molar-refractivity contribution in [2.75, 3.05) is 6.61 Å². The highest BCUT2D eigenvalue weighted by Crippen LogP contribution is 2.12. The molecule has 0 radical (unpaired) electrons. The average molecular weight is 759 g/mol. The van der Waals surface area contributed by atoms with Gasteiger partial charge < -0.3 is 13.6 Å². The topological polar surface area (TPSA) is 61.3 Å². The molecule has 0 amide bonds. The monoisotopic (exact) mass is 758 g/mol. The van der Waals surface area contributed by atoms with Crippen molar-refractivity contribution in [1.82, 2.24) is 9.97 Å². The Morgan fingerprint density at radius 1 is 0.566 bits per heavy atom. The summed E-state index contributed by atoms with van der Waals surface area (Å²) in [5, 5.41) is 2.16. The lowest BCUT2D eigenvalue weighted by Crippen LogP contribution is -1.98. The van der Waals surface area contributed by atoms with Crippen LogP contribution in [-0.4, -0.2) is 16.6 Å². The van der Waals surface area contributed by atoms with Crippen molar-refractivity contribution in [3.8, 4) is 5.88 Å². The van der Waals surface area contributed by atoms with Crippen LogP contribution >= 0.6 is 22.7 Å². The fourth-order valence-corrected chi connectivity index (χ4v) is 6.01. The van der Waals surface area contributed by atoms with Crippen molar-refractivity contribution >= 4 is 22.7 Å². The second-order valence-corrected chi connectivity index (χ2v) is 15.9. The van der Waals surface area contributed by atoms with Crippen molar-refractivity contribution in [1.29, 1.82) is 0 Å². The molecule has 0 spiro atoms. The molecule has 6 heterocycles. The van der Waals surface area contributed by atoms with E-state index < -0.39 is 0 Å². The van der Waals surface area contributed by atoms with E-state index >= 15 is 0 Å². The van der Waals surface area contributed by atoms with Crippen LogP contribution in [0.25, 0.3) is 0 Å². The molecule has 0 atom stereocenters. The predicted octanol–water partition coefficient (Wildman–Crippen LogP) is 14.6. The van der Waals surface area contributed by atoms with Gasteiger partial charge in [0.15, 0.2) is 0 Å². The quantitative estimate of drug-likeness (QED) is 0.137. The van der Waals surface area contributed by atoms with Crippen LogP contribution in [0.3, 0.4) is 0 Å². The lowest BCUT2D eigenvalue weighted by Gasteiger charge is -2.03. The number of pyridine rings is 2. The van der Waals surface area contributed by atoms with Crippen LogP contribution in [0.5, 0.6) is 5.88 Å². The molecule has 5 nitrogen and oxygen atoms in total. The Balaban J connectivity index is 0.000000325. The normalized spacial score (nSPS) is 9.74. The summed E-state index contributed by atoms with van der Waals surface area (Å²) in [6, 6.07) is 20.6. The van der Waals surface area contributed by atoms with Gasteiger partial charge in [0.05, 0.1) is 12.9 Å². The number of ether oxygens (including phenoxy) is 1. The summed E-state index contributed by atoms with van der Waals surface area (Å²) in [4.78, 5) is 12.7. The Hall–Kier alpha value is -3.94. The summed E-state index contributed by atoms with van der Waals surface area (Å²) in [5.41, 5.74) is 6.21. The summed E-state index contributed by atoms with van der Waals surface area (Å²) in [5.74, 6) is 3.69. The van der Waals surface area contributed by atoms with Crippen LogP contribution in [0.15, 0.2) is 93.5 Å². The van der Waals surface area contributed by atoms with Crippen molar-refractivity contribution in [2.45, 2.75) is 128 Å². The third-order valence-corrected chi connectivity index (χ3v) is 9.26. The molecule has 0 saturated carbocycles. The minimum atomic E-state index is 0.738. The van der Waals surface area contributed by atoms with Crippen LogP contribution in [0, 0.1) is 69.2 Å². The van der Waals surface area contributed by atoms with Crippen LogP contribution < -0.4 is 4.74 Å². The molecule has 0 aromatic carbocycles. The number of hydrogen-bond donors (Lipinski definition) is 0. The predicted molar refractivity (Wildman–Crippen MR) is 230 cm³/mol. The molecule has 53 heavy (non-hydrogen) atoms. The van der Waals surface area contributed by atoms with Gasteiger partial charge in [0.25, 0.3) is 0 Å². The zero-order valence-corrected chi connectivity index (χ0v) is 36.3. The number of aryl methyl sites for hydroxylation is 11. The van der Waals surface area contributed by atoms with Crippen molar-refractivity contribution in [3.63, 3.8) is 0 Å². The lowest BCUT2D eigenvalue weighted by atomic mass is 10.1. The first-order valence-electron chi connectivity index (χ1n) is 18.9. The standard InChI is InChI=1S/C11H17NO.C11H17N.2C6H8O.2C6H8S/c1-3-4-5-8-13-11-7-6-10(2)9-12-11;1-3-4-5-6-11-8-7-10(2)9-12-11;1-5-3-6(2)7-4-5;1-5-3-4-6(2)7-5;1-5-3-6(2)7-4-5;1-5-3-4-6(2)7-5/h6-7,9H,3-5,8H2,1-2H3;7-9H,3-6H2,1-2H3;4*3-4H,1-2H3. The highest BCUT2D eigenvalue weighted by Gasteiger charge is 1.95. The maximum Gasteiger partial charge on any atom is 0.213 e. The SMILES string of the molecule is CCCCCOc1ccc(C)cn1.CCCCCc1ccc(C)cn1.Cc1ccc(C)o1.Cc1ccc(C)s1.Cc1coc(C)c1.Cc1csc(C)c1. The largest absolute Gasteiger partial charge is 0.478 e. The first-order chi connectivity index (χ1) is 25.3. The third-order valence-electron chi connectivity index (χ3n) is 7.36. The Labute approximate surface area is 329 Å². The van der Waals surface area contributed by atoms with Gasteiger partial charge in [-0.25, -0.2) is 4.98 Å². The summed E-state index contributed by atoms with van der Waals surface area (Å²) < 4.78 is 15.5. The third kappa shape index (κ3) is 25.6. The second kappa shape index (κ2) is 28.5. The Kier molecular flexibility index (Phi) is 25.4. The molecule has 6 aromatic heterocycles. The zero-order valence-electron chi connectivity index (χ0n) is 34.7. The highest BCUT2D eigenvalue weighted by molar-refractivity contribution is 7.11. The summed E-state index contributed by atoms with van der Waals surface area (Å²) >= 11 is 3.65. The van der Waals surface area contributed by atoms with Gasteiger partial charge in [-0.3, -0.25) is 4.98 Å². The smallest absolute Gasteiger partial charge is 0.213 e. The van der Waals surface area contributed by atoms with E-state index in [4.69, 9.17) is 13.6 Å². The van der Waals surface area contributed by atoms with Crippen LogP contribution in [0.2, 0.25) is 0 Å². The van der Waals surface area contributed by atoms with Crippen LogP contribution in [0.4, 0.5) is 0 Å². The maximum atomic E-state index is 5.45. The molecule has 0 aliphatic carbocycles. The van der Waals surface area contributed by atoms with E-state index in [1.165, 1.54) is 74.7 Å². The van der Waals surface area contributed by atoms with E-state index in [1.807, 2.05) is 88.7 Å². The molecule has 0 bridgehead atoms. The second-order valence-electron chi connectivity index (χ2n) is 13.3. The lowest BCUT2D eigenvalue weighted by molar-refractivity contribution is 0.295. The molecule has 0 N–H and O–H groups in total. The van der Waals surface area contributed by atoms with Gasteiger partial charge in [-0.05, 0) is 159 Å². The molecule has 6 rings (SSSR count). The van der Waals surface area contributed by atoms with Gasteiger partial charge in [-0.15, -0.1) is 22.7 Å². The number of hydrogen-bond acceptors (Lipinski definition) is 7. The molecule has 6 aromatic rings. The first kappa shape index (κ1) is 47.1. The molecule has 290 valence electrons. The molecular weight excluding hydrogens is 693 g/mol. The van der Waals surface area contributed by atoms with E-state index in [2.05, 4.69) is 94.1 Å². The highest BCUT2D eigenvalue weighted by atomic mass is 32.1. The fourth-order valence-electron chi connectivity index (χ4n) is 4.53. The molecular formula is C46H66N2O3S2. The summed E-state index contributed by atoms with van der Waals surface area (Å²) in [6.07, 6.45) is 14.1. The molecule has 0 unspecified atom stereocenters. The van der Waals surface area contributed by atoms with E-state index in [0.29, 0.717) is 0 Å². The summed E-state index contributed by atoms with van der Waals surface area (Å²) in [6.45, 7) is 25.6. The van der Waals surface area contributed by atoms with Crippen molar-refractivity contribution < 1.29 is 13.6 Å².